The fraction of sp³-hybridized carbons (Fsp3) is 0.571. The van der Waals surface area contributed by atoms with E-state index in [9.17, 15) is 0 Å². The molecule has 2 aromatic rings. The van der Waals surface area contributed by atoms with Crippen LogP contribution >= 0.6 is 0 Å². The number of likely N-dealkylation sites (tertiary alicyclic amines) is 1. The van der Waals surface area contributed by atoms with E-state index in [4.69, 9.17) is 5.73 Å². The van der Waals surface area contributed by atoms with Gasteiger partial charge in [0.05, 0.1) is 0 Å². The maximum atomic E-state index is 5.99. The van der Waals surface area contributed by atoms with Crippen LogP contribution in [0.2, 0.25) is 0 Å². The van der Waals surface area contributed by atoms with Gasteiger partial charge in [-0.25, -0.2) is 9.97 Å². The van der Waals surface area contributed by atoms with Gasteiger partial charge < -0.3 is 10.6 Å². The second kappa shape index (κ2) is 5.17. The first-order valence-electron chi connectivity index (χ1n) is 6.99. The van der Waals surface area contributed by atoms with Gasteiger partial charge in [-0.05, 0) is 57.5 Å². The number of hydrogen-bond donors (Lipinski definition) is 1. The molecule has 0 radical (unpaired) electrons. The lowest BCUT2D eigenvalue weighted by Crippen LogP contribution is -2.30. The van der Waals surface area contributed by atoms with Crippen molar-refractivity contribution in [1.29, 1.82) is 0 Å². The number of pyridine rings is 1. The minimum absolute atomic E-state index is 0.585. The molecule has 1 saturated heterocycles. The molecule has 0 bridgehead atoms. The molecule has 5 nitrogen and oxygen atoms in total. The van der Waals surface area contributed by atoms with Crippen LogP contribution in [-0.2, 0) is 6.54 Å². The maximum absolute atomic E-state index is 5.99. The molecule has 3 rings (SSSR count). The van der Waals surface area contributed by atoms with Gasteiger partial charge in [0.25, 0.3) is 0 Å². The van der Waals surface area contributed by atoms with E-state index < -0.39 is 0 Å². The highest BCUT2D eigenvalue weighted by Crippen LogP contribution is 2.22. The summed E-state index contributed by atoms with van der Waals surface area (Å²) in [5.41, 5.74) is 7.80. The van der Waals surface area contributed by atoms with Crippen molar-refractivity contribution in [2.45, 2.75) is 25.8 Å². The number of rotatable bonds is 3. The maximum Gasteiger partial charge on any atom is 0.202 e. The molecule has 1 aliphatic rings. The molecule has 5 heteroatoms. The Morgan fingerprint density at radius 1 is 1.37 bits per heavy atom. The number of anilines is 1. The van der Waals surface area contributed by atoms with Crippen molar-refractivity contribution in [3.8, 4) is 0 Å². The molecule has 2 aromatic heterocycles. The molecule has 0 saturated carbocycles. The lowest BCUT2D eigenvalue weighted by molar-refractivity contribution is 0.208. The van der Waals surface area contributed by atoms with Crippen LogP contribution in [-0.4, -0.2) is 39.6 Å². The van der Waals surface area contributed by atoms with Crippen molar-refractivity contribution in [1.82, 2.24) is 19.4 Å². The first-order chi connectivity index (χ1) is 9.24. The number of aryl methyl sites for hydroxylation is 1. The zero-order chi connectivity index (χ0) is 13.2. The van der Waals surface area contributed by atoms with E-state index in [0.29, 0.717) is 5.95 Å². The van der Waals surface area contributed by atoms with Gasteiger partial charge in [0.2, 0.25) is 5.95 Å². The van der Waals surface area contributed by atoms with Gasteiger partial charge in [-0.15, -0.1) is 0 Å². The Balaban J connectivity index is 1.70. The second-order valence-corrected chi connectivity index (χ2v) is 5.50. The highest BCUT2D eigenvalue weighted by Gasteiger charge is 2.17. The topological polar surface area (TPSA) is 60.0 Å². The molecule has 0 unspecified atom stereocenters. The van der Waals surface area contributed by atoms with E-state index in [2.05, 4.69) is 21.9 Å². The molecule has 0 aliphatic carbocycles. The third-order valence-corrected chi connectivity index (χ3v) is 4.13. The van der Waals surface area contributed by atoms with Crippen molar-refractivity contribution in [2.24, 2.45) is 5.92 Å². The number of fused-ring (bicyclic) bond motifs is 1. The van der Waals surface area contributed by atoms with Gasteiger partial charge in [-0.2, -0.15) is 0 Å². The van der Waals surface area contributed by atoms with E-state index in [0.717, 1.165) is 23.6 Å². The van der Waals surface area contributed by atoms with E-state index in [1.807, 2.05) is 16.7 Å². The summed E-state index contributed by atoms with van der Waals surface area (Å²) in [6.07, 6.45) is 5.54. The van der Waals surface area contributed by atoms with Gasteiger partial charge in [-0.3, -0.25) is 4.57 Å². The minimum atomic E-state index is 0.585. The highest BCUT2D eigenvalue weighted by atomic mass is 15.2. The fourth-order valence-corrected chi connectivity index (χ4v) is 2.86. The Bertz CT molecular complexity index is 554. The summed E-state index contributed by atoms with van der Waals surface area (Å²) in [6.45, 7) is 3.35. The Morgan fingerprint density at radius 3 is 2.95 bits per heavy atom. The zero-order valence-corrected chi connectivity index (χ0v) is 11.4. The van der Waals surface area contributed by atoms with E-state index in [1.165, 1.54) is 32.4 Å². The van der Waals surface area contributed by atoms with Crippen LogP contribution in [0, 0.1) is 5.92 Å². The van der Waals surface area contributed by atoms with Crippen LogP contribution < -0.4 is 5.73 Å². The van der Waals surface area contributed by atoms with Crippen molar-refractivity contribution >= 4 is 17.1 Å². The van der Waals surface area contributed by atoms with Gasteiger partial charge in [0, 0.05) is 12.7 Å². The normalized spacial score (nSPS) is 18.2. The molecule has 19 heavy (non-hydrogen) atoms. The van der Waals surface area contributed by atoms with E-state index in [1.54, 1.807) is 6.20 Å². The van der Waals surface area contributed by atoms with E-state index >= 15 is 0 Å². The SMILES string of the molecule is CN1CCC(CCn2c(N)nc3cccnc32)CC1. The smallest absolute Gasteiger partial charge is 0.202 e. The molecule has 1 aliphatic heterocycles. The Morgan fingerprint density at radius 2 is 2.16 bits per heavy atom. The number of aromatic nitrogens is 3. The van der Waals surface area contributed by atoms with Crippen molar-refractivity contribution in [3.05, 3.63) is 18.3 Å². The minimum Gasteiger partial charge on any atom is -0.369 e. The number of imidazole rings is 1. The summed E-state index contributed by atoms with van der Waals surface area (Å²) in [5, 5.41) is 0. The van der Waals surface area contributed by atoms with E-state index in [-0.39, 0.29) is 0 Å². The molecule has 0 aromatic carbocycles. The third kappa shape index (κ3) is 2.56. The largest absolute Gasteiger partial charge is 0.369 e. The number of piperidine rings is 1. The molecular weight excluding hydrogens is 238 g/mol. The molecule has 2 N–H and O–H groups in total. The van der Waals surface area contributed by atoms with Crippen molar-refractivity contribution in [2.75, 3.05) is 25.9 Å². The van der Waals surface area contributed by atoms with Gasteiger partial charge in [-0.1, -0.05) is 0 Å². The Hall–Kier alpha value is -1.62. The predicted octanol–water partition coefficient (Wildman–Crippen LogP) is 1.75. The summed E-state index contributed by atoms with van der Waals surface area (Å²) in [7, 11) is 2.20. The monoisotopic (exact) mass is 259 g/mol. The third-order valence-electron chi connectivity index (χ3n) is 4.13. The van der Waals surface area contributed by atoms with Crippen LogP contribution in [0.25, 0.3) is 11.2 Å². The molecule has 102 valence electrons. The molecule has 1 fully saturated rings. The van der Waals surface area contributed by atoms with Crippen LogP contribution in [0.5, 0.6) is 0 Å². The lowest BCUT2D eigenvalue weighted by Gasteiger charge is -2.29. The molecule has 0 amide bonds. The predicted molar refractivity (Wildman–Crippen MR) is 76.8 cm³/mol. The number of nitrogens with zero attached hydrogens (tertiary/aromatic N) is 4. The Labute approximate surface area is 113 Å². The molecule has 3 heterocycles. The summed E-state index contributed by atoms with van der Waals surface area (Å²) in [6, 6.07) is 3.86. The van der Waals surface area contributed by atoms with Gasteiger partial charge >= 0.3 is 0 Å². The first kappa shape index (κ1) is 12.4. The standard InChI is InChI=1S/C14H21N5/c1-18-8-4-11(5-9-18)6-10-19-13-12(17-14(19)15)3-2-7-16-13/h2-3,7,11H,4-6,8-10H2,1H3,(H2,15,17). The van der Waals surface area contributed by atoms with Gasteiger partial charge in [0.1, 0.15) is 5.52 Å². The van der Waals surface area contributed by atoms with Crippen LogP contribution in [0.1, 0.15) is 19.3 Å². The summed E-state index contributed by atoms with van der Waals surface area (Å²) in [5.74, 6) is 1.39. The van der Waals surface area contributed by atoms with Crippen molar-refractivity contribution in [3.63, 3.8) is 0 Å². The van der Waals surface area contributed by atoms with Gasteiger partial charge in [0.15, 0.2) is 5.65 Å². The summed E-state index contributed by atoms with van der Waals surface area (Å²) >= 11 is 0. The lowest BCUT2D eigenvalue weighted by atomic mass is 9.94. The van der Waals surface area contributed by atoms with Crippen molar-refractivity contribution < 1.29 is 0 Å². The number of hydrogen-bond acceptors (Lipinski definition) is 4. The second-order valence-electron chi connectivity index (χ2n) is 5.50. The average Bonchev–Trinajstić information content (AvgIpc) is 2.74. The first-order valence-corrected chi connectivity index (χ1v) is 6.99. The van der Waals surface area contributed by atoms with Crippen LogP contribution in [0.15, 0.2) is 18.3 Å². The highest BCUT2D eigenvalue weighted by molar-refractivity contribution is 5.73. The fourth-order valence-electron chi connectivity index (χ4n) is 2.86. The number of nitrogens with two attached hydrogens (primary N) is 1. The Kier molecular flexibility index (Phi) is 3.38. The number of nitrogen functional groups attached to an aromatic ring is 1. The summed E-state index contributed by atoms with van der Waals surface area (Å²) in [4.78, 5) is 11.2. The average molecular weight is 259 g/mol. The quantitative estimate of drug-likeness (QED) is 0.912. The molecule has 0 spiro atoms. The zero-order valence-electron chi connectivity index (χ0n) is 11.4. The molecule has 0 atom stereocenters. The molecular formula is C14H21N5. The summed E-state index contributed by atoms with van der Waals surface area (Å²) < 4.78 is 2.05. The van der Waals surface area contributed by atoms with Crippen LogP contribution in [0.4, 0.5) is 5.95 Å². The van der Waals surface area contributed by atoms with Crippen LogP contribution in [0.3, 0.4) is 0 Å².